The Labute approximate surface area is 70.0 Å². The summed E-state index contributed by atoms with van der Waals surface area (Å²) in [7, 11) is 1.27. The van der Waals surface area contributed by atoms with Gasteiger partial charge in [0.05, 0.1) is 6.42 Å². The number of carbonyl (C=O) groups excluding carboxylic acids is 1. The number of hydrogen-bond acceptors (Lipinski definition) is 4. The zero-order chi connectivity index (χ0) is 9.56. The number of aliphatic carboxylic acids is 1. The first-order valence-corrected chi connectivity index (χ1v) is 3.46. The van der Waals surface area contributed by atoms with Gasteiger partial charge in [-0.3, -0.25) is 9.59 Å². The Morgan fingerprint density at radius 2 is 2.08 bits per heavy atom. The van der Waals surface area contributed by atoms with E-state index in [1.807, 2.05) is 0 Å². The SMILES string of the molecule is CCC(=O)/C(CC(=O)O)=N\OC. The van der Waals surface area contributed by atoms with Gasteiger partial charge >= 0.3 is 5.97 Å². The first-order valence-electron chi connectivity index (χ1n) is 3.46. The van der Waals surface area contributed by atoms with Gasteiger partial charge in [0.2, 0.25) is 0 Å². The number of carboxylic acid groups (broad SMARTS) is 1. The Kier molecular flexibility index (Phi) is 4.67. The lowest BCUT2D eigenvalue weighted by atomic mass is 10.1. The highest BCUT2D eigenvalue weighted by Gasteiger charge is 2.13. The van der Waals surface area contributed by atoms with Gasteiger partial charge in [0.1, 0.15) is 12.8 Å². The van der Waals surface area contributed by atoms with E-state index in [0.717, 1.165) is 0 Å². The van der Waals surface area contributed by atoms with Crippen molar-refractivity contribution in [2.75, 3.05) is 7.11 Å². The fourth-order valence-corrected chi connectivity index (χ4v) is 0.639. The molecule has 0 bridgehead atoms. The summed E-state index contributed by atoms with van der Waals surface area (Å²) >= 11 is 0. The van der Waals surface area contributed by atoms with Crippen LogP contribution < -0.4 is 0 Å². The normalized spacial score (nSPS) is 11.0. The number of hydrogen-bond donors (Lipinski definition) is 1. The summed E-state index contributed by atoms with van der Waals surface area (Å²) in [5, 5.41) is 11.7. The zero-order valence-corrected chi connectivity index (χ0v) is 7.03. The minimum absolute atomic E-state index is 0.0486. The van der Waals surface area contributed by atoms with Crippen LogP contribution in [0.25, 0.3) is 0 Å². The van der Waals surface area contributed by atoms with E-state index in [-0.39, 0.29) is 24.3 Å². The maximum Gasteiger partial charge on any atom is 0.309 e. The quantitative estimate of drug-likeness (QED) is 0.483. The van der Waals surface area contributed by atoms with Crippen LogP contribution in [0.15, 0.2) is 5.16 Å². The van der Waals surface area contributed by atoms with Gasteiger partial charge in [-0.1, -0.05) is 12.1 Å². The molecule has 0 saturated heterocycles. The lowest BCUT2D eigenvalue weighted by Gasteiger charge is -1.98. The summed E-state index contributed by atoms with van der Waals surface area (Å²) in [6.07, 6.45) is -0.157. The molecule has 0 radical (unpaired) electrons. The van der Waals surface area contributed by atoms with Crippen molar-refractivity contribution in [2.45, 2.75) is 19.8 Å². The van der Waals surface area contributed by atoms with Crippen LogP contribution in [-0.2, 0) is 14.4 Å². The van der Waals surface area contributed by atoms with Crippen LogP contribution in [-0.4, -0.2) is 29.7 Å². The van der Waals surface area contributed by atoms with E-state index < -0.39 is 5.97 Å². The largest absolute Gasteiger partial charge is 0.481 e. The summed E-state index contributed by atoms with van der Waals surface area (Å²) in [5.41, 5.74) is -0.0486. The van der Waals surface area contributed by atoms with Gasteiger partial charge in [-0.2, -0.15) is 0 Å². The molecule has 0 aromatic heterocycles. The van der Waals surface area contributed by atoms with E-state index in [4.69, 9.17) is 5.11 Å². The highest BCUT2D eigenvalue weighted by Crippen LogP contribution is 1.94. The molecule has 0 aromatic carbocycles. The van der Waals surface area contributed by atoms with E-state index in [0.29, 0.717) is 0 Å². The van der Waals surface area contributed by atoms with Crippen LogP contribution in [0.2, 0.25) is 0 Å². The molecule has 0 heterocycles. The van der Waals surface area contributed by atoms with Crippen molar-refractivity contribution in [1.82, 2.24) is 0 Å². The molecule has 0 fully saturated rings. The van der Waals surface area contributed by atoms with Crippen molar-refractivity contribution in [3.05, 3.63) is 0 Å². The lowest BCUT2D eigenvalue weighted by molar-refractivity contribution is -0.136. The second kappa shape index (κ2) is 5.29. The maximum atomic E-state index is 11.0. The number of Topliss-reactive ketones (excluding diaryl/α,β-unsaturated/α-hetero) is 1. The number of carboxylic acids is 1. The van der Waals surface area contributed by atoms with Crippen molar-refractivity contribution in [3.63, 3.8) is 0 Å². The smallest absolute Gasteiger partial charge is 0.309 e. The zero-order valence-electron chi connectivity index (χ0n) is 7.03. The fraction of sp³-hybridized carbons (Fsp3) is 0.571. The molecule has 1 N–H and O–H groups in total. The molecule has 5 nitrogen and oxygen atoms in total. The molecule has 0 saturated carbocycles. The Morgan fingerprint density at radius 3 is 2.42 bits per heavy atom. The van der Waals surface area contributed by atoms with Crippen molar-refractivity contribution in [3.8, 4) is 0 Å². The number of carbonyl (C=O) groups is 2. The number of ketones is 1. The molecule has 68 valence electrons. The van der Waals surface area contributed by atoms with Gasteiger partial charge < -0.3 is 9.94 Å². The average Bonchev–Trinajstić information content (AvgIpc) is 2.01. The molecule has 0 amide bonds. The monoisotopic (exact) mass is 173 g/mol. The van der Waals surface area contributed by atoms with Crippen molar-refractivity contribution in [2.24, 2.45) is 5.16 Å². The molecule has 0 atom stereocenters. The van der Waals surface area contributed by atoms with Gasteiger partial charge in [0.15, 0.2) is 5.78 Å². The van der Waals surface area contributed by atoms with Crippen LogP contribution in [0.4, 0.5) is 0 Å². The van der Waals surface area contributed by atoms with E-state index in [1.54, 1.807) is 6.92 Å². The molecule has 0 spiro atoms. The molecule has 0 aromatic rings. The summed E-state index contributed by atoms with van der Waals surface area (Å²) in [6.45, 7) is 1.63. The third-order valence-electron chi connectivity index (χ3n) is 1.16. The first-order chi connectivity index (χ1) is 5.61. The van der Waals surface area contributed by atoms with E-state index in [2.05, 4.69) is 9.99 Å². The summed E-state index contributed by atoms with van der Waals surface area (Å²) in [5.74, 6) is -1.40. The highest BCUT2D eigenvalue weighted by molar-refractivity contribution is 6.42. The molecule has 0 aliphatic carbocycles. The molecule has 0 rings (SSSR count). The van der Waals surface area contributed by atoms with Crippen LogP contribution in [0.5, 0.6) is 0 Å². The van der Waals surface area contributed by atoms with Crippen LogP contribution in [0, 0.1) is 0 Å². The predicted octanol–water partition coefficient (Wildman–Crippen LogP) is 0.443. The standard InChI is InChI=1S/C7H11NO4/c1-3-6(9)5(8-12-2)4-7(10)11/h3-4H2,1-2H3,(H,10,11)/b8-5-. The Bertz CT molecular complexity index is 209. The summed E-state index contributed by atoms with van der Waals surface area (Å²) in [6, 6.07) is 0. The Hall–Kier alpha value is -1.39. The molecule has 5 heteroatoms. The van der Waals surface area contributed by atoms with E-state index in [1.165, 1.54) is 7.11 Å². The van der Waals surface area contributed by atoms with Crippen molar-refractivity contribution in [1.29, 1.82) is 0 Å². The van der Waals surface area contributed by atoms with Gasteiger partial charge in [0, 0.05) is 6.42 Å². The Balaban J connectivity index is 4.34. The fourth-order valence-electron chi connectivity index (χ4n) is 0.639. The lowest BCUT2D eigenvalue weighted by Crippen LogP contribution is -2.17. The second-order valence-corrected chi connectivity index (χ2v) is 2.07. The highest BCUT2D eigenvalue weighted by atomic mass is 16.6. The van der Waals surface area contributed by atoms with Gasteiger partial charge in [-0.05, 0) is 0 Å². The van der Waals surface area contributed by atoms with E-state index in [9.17, 15) is 9.59 Å². The number of nitrogens with zero attached hydrogens (tertiary/aromatic N) is 1. The van der Waals surface area contributed by atoms with Gasteiger partial charge in [0.25, 0.3) is 0 Å². The molecule has 12 heavy (non-hydrogen) atoms. The third-order valence-corrected chi connectivity index (χ3v) is 1.16. The van der Waals surface area contributed by atoms with Crippen LogP contribution in [0.1, 0.15) is 19.8 Å². The minimum Gasteiger partial charge on any atom is -0.481 e. The van der Waals surface area contributed by atoms with Gasteiger partial charge in [-0.15, -0.1) is 0 Å². The molecule has 0 unspecified atom stereocenters. The van der Waals surface area contributed by atoms with Crippen molar-refractivity contribution >= 4 is 17.5 Å². The second-order valence-electron chi connectivity index (χ2n) is 2.07. The molecular formula is C7H11NO4. The molecular weight excluding hydrogens is 162 g/mol. The van der Waals surface area contributed by atoms with E-state index >= 15 is 0 Å². The predicted molar refractivity (Wildman–Crippen MR) is 42.0 cm³/mol. The van der Waals surface area contributed by atoms with Gasteiger partial charge in [-0.25, -0.2) is 0 Å². The molecule has 0 aliphatic heterocycles. The number of oxime groups is 1. The third kappa shape index (κ3) is 3.70. The van der Waals surface area contributed by atoms with Crippen LogP contribution >= 0.6 is 0 Å². The molecule has 0 aliphatic rings. The topological polar surface area (TPSA) is 76.0 Å². The van der Waals surface area contributed by atoms with Crippen molar-refractivity contribution < 1.29 is 19.5 Å². The number of rotatable bonds is 5. The summed E-state index contributed by atoms with van der Waals surface area (Å²) < 4.78 is 0. The average molecular weight is 173 g/mol. The van der Waals surface area contributed by atoms with Crippen LogP contribution in [0.3, 0.4) is 0 Å². The maximum absolute atomic E-state index is 11.0. The Morgan fingerprint density at radius 1 is 1.50 bits per heavy atom. The first kappa shape index (κ1) is 10.6. The summed E-state index contributed by atoms with van der Waals surface area (Å²) in [4.78, 5) is 25.5. The minimum atomic E-state index is -1.09.